The molecule has 0 saturated carbocycles. The predicted octanol–water partition coefficient (Wildman–Crippen LogP) is 4.81. The second-order valence-electron chi connectivity index (χ2n) is 6.54. The molecule has 3 heterocycles. The Balaban J connectivity index is 1.35. The summed E-state index contributed by atoms with van der Waals surface area (Å²) in [6.07, 6.45) is 3.85. The fourth-order valence-electron chi connectivity index (χ4n) is 2.99. The van der Waals surface area contributed by atoms with E-state index in [0.29, 0.717) is 45.4 Å². The molecule has 1 saturated heterocycles. The van der Waals surface area contributed by atoms with Crippen molar-refractivity contribution in [3.8, 4) is 0 Å². The number of hydrogen-bond acceptors (Lipinski definition) is 6. The van der Waals surface area contributed by atoms with Crippen LogP contribution in [0.2, 0.25) is 10.0 Å². The molecule has 1 aliphatic rings. The van der Waals surface area contributed by atoms with Gasteiger partial charge in [-0.25, -0.2) is 9.97 Å². The third-order valence-corrected chi connectivity index (χ3v) is 6.79. The van der Waals surface area contributed by atoms with Crippen molar-refractivity contribution in [3.63, 3.8) is 0 Å². The number of carbonyl (C=O) groups is 2. The topological polar surface area (TPSA) is 75.2 Å². The van der Waals surface area contributed by atoms with Gasteiger partial charge in [-0.15, -0.1) is 22.7 Å². The van der Waals surface area contributed by atoms with Gasteiger partial charge in [-0.3, -0.25) is 14.5 Å². The number of anilines is 2. The van der Waals surface area contributed by atoms with E-state index in [1.165, 1.54) is 22.7 Å². The molecule has 1 N–H and O–H groups in total. The Kier molecular flexibility index (Phi) is 6.15. The average molecular weight is 467 g/mol. The van der Waals surface area contributed by atoms with E-state index in [0.717, 1.165) is 16.9 Å². The van der Waals surface area contributed by atoms with E-state index in [1.54, 1.807) is 23.2 Å². The lowest BCUT2D eigenvalue weighted by Crippen LogP contribution is -2.23. The Morgan fingerprint density at radius 2 is 2.17 bits per heavy atom. The first-order chi connectivity index (χ1) is 14.0. The zero-order valence-electron chi connectivity index (χ0n) is 15.2. The smallest absolute Gasteiger partial charge is 0.232 e. The standard InChI is InChI=1S/C19H16Cl2N4O2S2/c20-12-3-4-15(21)11(6-12)7-14-9-22-18(29-14)24-16(26)8-13-10-28-19(23-13)25-5-1-2-17(25)27/h3-4,6,9-10H,1-2,5,7-8H2,(H,22,24,26). The largest absolute Gasteiger partial charge is 0.302 e. The maximum atomic E-state index is 12.3. The Hall–Kier alpha value is -2.00. The molecule has 29 heavy (non-hydrogen) atoms. The van der Waals surface area contributed by atoms with Crippen LogP contribution in [0.3, 0.4) is 0 Å². The second kappa shape index (κ2) is 8.79. The molecular weight excluding hydrogens is 451 g/mol. The molecule has 150 valence electrons. The highest BCUT2D eigenvalue weighted by molar-refractivity contribution is 7.15. The molecule has 1 aliphatic heterocycles. The van der Waals surface area contributed by atoms with Crippen molar-refractivity contribution < 1.29 is 9.59 Å². The van der Waals surface area contributed by atoms with Gasteiger partial charge in [0.2, 0.25) is 11.8 Å². The van der Waals surface area contributed by atoms with Gasteiger partial charge in [0, 0.05) is 45.9 Å². The monoisotopic (exact) mass is 466 g/mol. The molecule has 0 spiro atoms. The summed E-state index contributed by atoms with van der Waals surface area (Å²) in [5.74, 6) is -0.109. The first-order valence-corrected chi connectivity index (χ1v) is 11.4. The van der Waals surface area contributed by atoms with E-state index in [2.05, 4.69) is 15.3 Å². The zero-order chi connectivity index (χ0) is 20.4. The molecule has 0 atom stereocenters. The average Bonchev–Trinajstić information content (AvgIpc) is 3.40. The van der Waals surface area contributed by atoms with Gasteiger partial charge < -0.3 is 5.32 Å². The number of nitrogens with one attached hydrogen (secondary N) is 1. The maximum Gasteiger partial charge on any atom is 0.232 e. The fourth-order valence-corrected chi connectivity index (χ4v) is 5.09. The number of aromatic nitrogens is 2. The maximum absolute atomic E-state index is 12.3. The van der Waals surface area contributed by atoms with Crippen LogP contribution in [-0.2, 0) is 22.4 Å². The highest BCUT2D eigenvalue weighted by atomic mass is 35.5. The van der Waals surface area contributed by atoms with Crippen LogP contribution in [0.15, 0.2) is 29.8 Å². The minimum absolute atomic E-state index is 0.0884. The number of hydrogen-bond donors (Lipinski definition) is 1. The lowest BCUT2D eigenvalue weighted by atomic mass is 10.1. The van der Waals surface area contributed by atoms with E-state index in [9.17, 15) is 9.59 Å². The SMILES string of the molecule is O=C(Cc1csc(N2CCCC2=O)n1)Nc1ncc(Cc2cc(Cl)ccc2Cl)s1. The van der Waals surface area contributed by atoms with Gasteiger partial charge >= 0.3 is 0 Å². The summed E-state index contributed by atoms with van der Waals surface area (Å²) in [4.78, 5) is 35.5. The minimum Gasteiger partial charge on any atom is -0.302 e. The highest BCUT2D eigenvalue weighted by Crippen LogP contribution is 2.28. The molecule has 1 aromatic carbocycles. The van der Waals surface area contributed by atoms with Gasteiger partial charge in [0.05, 0.1) is 12.1 Å². The number of thiazole rings is 2. The third-order valence-electron chi connectivity index (χ3n) is 4.36. The van der Waals surface area contributed by atoms with Gasteiger partial charge in [0.25, 0.3) is 0 Å². The van der Waals surface area contributed by atoms with E-state index >= 15 is 0 Å². The minimum atomic E-state index is -0.198. The number of benzene rings is 1. The molecule has 3 aromatic rings. The predicted molar refractivity (Wildman–Crippen MR) is 117 cm³/mol. The highest BCUT2D eigenvalue weighted by Gasteiger charge is 2.24. The van der Waals surface area contributed by atoms with Gasteiger partial charge in [0.15, 0.2) is 10.3 Å². The number of nitrogens with zero attached hydrogens (tertiary/aromatic N) is 3. The summed E-state index contributed by atoms with van der Waals surface area (Å²) in [5, 5.41) is 7.07. The number of carbonyl (C=O) groups excluding carboxylic acids is 2. The molecule has 4 rings (SSSR count). The van der Waals surface area contributed by atoms with E-state index < -0.39 is 0 Å². The molecule has 0 unspecified atom stereocenters. The molecule has 1 fully saturated rings. The number of rotatable bonds is 6. The zero-order valence-corrected chi connectivity index (χ0v) is 18.3. The third kappa shape index (κ3) is 4.95. The van der Waals surface area contributed by atoms with Crippen LogP contribution in [0.4, 0.5) is 10.3 Å². The Labute approximate surface area is 185 Å². The van der Waals surface area contributed by atoms with Crippen LogP contribution in [0.1, 0.15) is 29.0 Å². The molecule has 0 radical (unpaired) electrons. The van der Waals surface area contributed by atoms with Gasteiger partial charge in [-0.2, -0.15) is 0 Å². The summed E-state index contributed by atoms with van der Waals surface area (Å²) in [6, 6.07) is 5.34. The molecule has 6 nitrogen and oxygen atoms in total. The summed E-state index contributed by atoms with van der Waals surface area (Å²) < 4.78 is 0. The Morgan fingerprint density at radius 1 is 1.31 bits per heavy atom. The van der Waals surface area contributed by atoms with E-state index in [4.69, 9.17) is 23.2 Å². The van der Waals surface area contributed by atoms with E-state index in [1.807, 2.05) is 11.4 Å². The molecular formula is C19H16Cl2N4O2S2. The van der Waals surface area contributed by atoms with Crippen LogP contribution in [0.5, 0.6) is 0 Å². The molecule has 2 aromatic heterocycles. The van der Waals surface area contributed by atoms with Crippen molar-refractivity contribution in [3.05, 3.63) is 56.0 Å². The fraction of sp³-hybridized carbons (Fsp3) is 0.263. The van der Waals surface area contributed by atoms with Gasteiger partial charge in [-0.1, -0.05) is 23.2 Å². The lowest BCUT2D eigenvalue weighted by molar-refractivity contribution is -0.117. The number of amides is 2. The van der Waals surface area contributed by atoms with Crippen LogP contribution in [0.25, 0.3) is 0 Å². The summed E-state index contributed by atoms with van der Waals surface area (Å²) in [5.41, 5.74) is 1.55. The molecule has 2 amide bonds. The van der Waals surface area contributed by atoms with Crippen molar-refractivity contribution in [2.75, 3.05) is 16.8 Å². The molecule has 0 aliphatic carbocycles. The van der Waals surface area contributed by atoms with Crippen molar-refractivity contribution in [1.82, 2.24) is 9.97 Å². The molecule has 10 heteroatoms. The van der Waals surface area contributed by atoms with Crippen molar-refractivity contribution in [1.29, 1.82) is 0 Å². The summed E-state index contributed by atoms with van der Waals surface area (Å²) in [7, 11) is 0. The van der Waals surface area contributed by atoms with Crippen molar-refractivity contribution in [2.45, 2.75) is 25.7 Å². The van der Waals surface area contributed by atoms with Gasteiger partial charge in [0.1, 0.15) is 0 Å². The Bertz CT molecular complexity index is 1070. The summed E-state index contributed by atoms with van der Waals surface area (Å²) in [6.45, 7) is 0.691. The van der Waals surface area contributed by atoms with Crippen LogP contribution in [0, 0.1) is 0 Å². The van der Waals surface area contributed by atoms with Crippen molar-refractivity contribution >= 4 is 68.0 Å². The Morgan fingerprint density at radius 3 is 2.97 bits per heavy atom. The van der Waals surface area contributed by atoms with Gasteiger partial charge in [-0.05, 0) is 30.2 Å². The van der Waals surface area contributed by atoms with Crippen LogP contribution < -0.4 is 10.2 Å². The quantitative estimate of drug-likeness (QED) is 0.565. The number of halogens is 2. The molecule has 0 bridgehead atoms. The first kappa shape index (κ1) is 20.3. The van der Waals surface area contributed by atoms with E-state index in [-0.39, 0.29) is 18.2 Å². The normalized spacial score (nSPS) is 13.9. The van der Waals surface area contributed by atoms with Crippen LogP contribution in [-0.4, -0.2) is 28.3 Å². The second-order valence-corrected chi connectivity index (χ2v) is 9.33. The first-order valence-electron chi connectivity index (χ1n) is 8.91. The summed E-state index contributed by atoms with van der Waals surface area (Å²) >= 11 is 15.0. The lowest BCUT2D eigenvalue weighted by Gasteiger charge is -2.10. The van der Waals surface area contributed by atoms with Crippen LogP contribution >= 0.6 is 45.9 Å². The van der Waals surface area contributed by atoms with Crippen molar-refractivity contribution in [2.24, 2.45) is 0 Å².